The zero-order chi connectivity index (χ0) is 9.97. The van der Waals surface area contributed by atoms with Gasteiger partial charge in [0.05, 0.1) is 0 Å². The van der Waals surface area contributed by atoms with Crippen molar-refractivity contribution in [3.05, 3.63) is 39.0 Å². The van der Waals surface area contributed by atoms with E-state index >= 15 is 0 Å². The summed E-state index contributed by atoms with van der Waals surface area (Å²) < 4.78 is 1.05. The maximum Gasteiger partial charge on any atom is 0.135 e. The summed E-state index contributed by atoms with van der Waals surface area (Å²) in [6, 6.07) is 1.98. The first-order valence-corrected chi connectivity index (χ1v) is 5.84. The summed E-state index contributed by atoms with van der Waals surface area (Å²) in [4.78, 5) is 8.04. The highest BCUT2D eigenvalue weighted by Crippen LogP contribution is 2.26. The van der Waals surface area contributed by atoms with Crippen LogP contribution >= 0.6 is 27.3 Å². The van der Waals surface area contributed by atoms with Gasteiger partial charge in [-0.15, -0.1) is 11.3 Å². The van der Waals surface area contributed by atoms with E-state index in [2.05, 4.69) is 25.9 Å². The molecule has 5 heteroatoms. The number of halogens is 1. The van der Waals surface area contributed by atoms with Gasteiger partial charge in [-0.05, 0) is 27.4 Å². The lowest BCUT2D eigenvalue weighted by molar-refractivity contribution is 0.170. The van der Waals surface area contributed by atoms with Gasteiger partial charge in [0.25, 0.3) is 0 Å². The SMILES string of the molecule is OC(Cc1sccc1Br)c1ncc[nH]1. The van der Waals surface area contributed by atoms with Gasteiger partial charge in [-0.2, -0.15) is 0 Å². The molecule has 2 heterocycles. The number of nitrogens with zero attached hydrogens (tertiary/aromatic N) is 1. The van der Waals surface area contributed by atoms with Crippen LogP contribution in [0.15, 0.2) is 28.3 Å². The van der Waals surface area contributed by atoms with Gasteiger partial charge in [-0.3, -0.25) is 0 Å². The molecule has 0 aliphatic carbocycles. The minimum Gasteiger partial charge on any atom is -0.385 e. The number of aromatic amines is 1. The molecule has 0 aliphatic rings. The van der Waals surface area contributed by atoms with Gasteiger partial charge in [-0.25, -0.2) is 4.98 Å². The summed E-state index contributed by atoms with van der Waals surface area (Å²) >= 11 is 5.05. The number of hydrogen-bond acceptors (Lipinski definition) is 3. The van der Waals surface area contributed by atoms with Crippen LogP contribution in [-0.4, -0.2) is 15.1 Å². The maximum atomic E-state index is 9.80. The van der Waals surface area contributed by atoms with Crippen molar-refractivity contribution in [1.82, 2.24) is 9.97 Å². The van der Waals surface area contributed by atoms with Gasteiger partial charge in [0.1, 0.15) is 11.9 Å². The number of aromatic nitrogens is 2. The van der Waals surface area contributed by atoms with Crippen molar-refractivity contribution in [2.75, 3.05) is 0 Å². The summed E-state index contributed by atoms with van der Waals surface area (Å²) in [5, 5.41) is 11.8. The Morgan fingerprint density at radius 2 is 2.50 bits per heavy atom. The van der Waals surface area contributed by atoms with Gasteiger partial charge in [-0.1, -0.05) is 0 Å². The molecule has 14 heavy (non-hydrogen) atoms. The Kier molecular flexibility index (Phi) is 3.00. The lowest BCUT2D eigenvalue weighted by Gasteiger charge is -2.05. The molecule has 0 radical (unpaired) electrons. The summed E-state index contributed by atoms with van der Waals surface area (Å²) in [5.74, 6) is 0.616. The standard InChI is InChI=1S/C9H9BrN2OS/c10-6-1-4-14-8(6)5-7(13)9-11-2-3-12-9/h1-4,7,13H,5H2,(H,11,12). The van der Waals surface area contributed by atoms with E-state index in [0.717, 1.165) is 9.35 Å². The van der Waals surface area contributed by atoms with E-state index in [1.165, 1.54) is 0 Å². The fourth-order valence-corrected chi connectivity index (χ4v) is 2.76. The molecule has 2 aromatic rings. The van der Waals surface area contributed by atoms with Crippen molar-refractivity contribution < 1.29 is 5.11 Å². The number of aliphatic hydroxyl groups excluding tert-OH is 1. The van der Waals surface area contributed by atoms with E-state index in [0.29, 0.717) is 12.2 Å². The van der Waals surface area contributed by atoms with Gasteiger partial charge in [0.15, 0.2) is 0 Å². The molecule has 0 aromatic carbocycles. The summed E-state index contributed by atoms with van der Waals surface area (Å²) in [5.41, 5.74) is 0. The summed E-state index contributed by atoms with van der Waals surface area (Å²) in [6.07, 6.45) is 3.38. The second kappa shape index (κ2) is 4.25. The molecule has 0 fully saturated rings. The topological polar surface area (TPSA) is 48.9 Å². The quantitative estimate of drug-likeness (QED) is 0.902. The van der Waals surface area contributed by atoms with Crippen LogP contribution in [0.1, 0.15) is 16.8 Å². The Morgan fingerprint density at radius 3 is 3.07 bits per heavy atom. The minimum atomic E-state index is -0.556. The number of imidazole rings is 1. The molecule has 1 atom stereocenters. The maximum absolute atomic E-state index is 9.80. The second-order valence-corrected chi connectivity index (χ2v) is 4.74. The normalized spacial score (nSPS) is 13.0. The van der Waals surface area contributed by atoms with Crippen LogP contribution in [0.3, 0.4) is 0 Å². The highest BCUT2D eigenvalue weighted by molar-refractivity contribution is 9.10. The summed E-state index contributed by atoms with van der Waals surface area (Å²) in [7, 11) is 0. The molecular formula is C9H9BrN2OS. The van der Waals surface area contributed by atoms with Gasteiger partial charge >= 0.3 is 0 Å². The zero-order valence-electron chi connectivity index (χ0n) is 7.27. The van der Waals surface area contributed by atoms with Crippen LogP contribution in [0.4, 0.5) is 0 Å². The van der Waals surface area contributed by atoms with Gasteiger partial charge < -0.3 is 10.1 Å². The Labute approximate surface area is 93.9 Å². The van der Waals surface area contributed by atoms with Crippen LogP contribution in [0.25, 0.3) is 0 Å². The lowest BCUT2D eigenvalue weighted by atomic mass is 10.2. The van der Waals surface area contributed by atoms with Crippen LogP contribution < -0.4 is 0 Å². The molecule has 0 aliphatic heterocycles. The van der Waals surface area contributed by atoms with Gasteiger partial charge in [0, 0.05) is 28.2 Å². The highest BCUT2D eigenvalue weighted by atomic mass is 79.9. The van der Waals surface area contributed by atoms with Crippen LogP contribution in [0.2, 0.25) is 0 Å². The fraction of sp³-hybridized carbons (Fsp3) is 0.222. The lowest BCUT2D eigenvalue weighted by Crippen LogP contribution is -2.02. The third kappa shape index (κ3) is 2.05. The average molecular weight is 273 g/mol. The number of aliphatic hydroxyl groups is 1. The Morgan fingerprint density at radius 1 is 1.64 bits per heavy atom. The first kappa shape index (κ1) is 9.89. The fourth-order valence-electron chi connectivity index (χ4n) is 1.20. The average Bonchev–Trinajstić information content (AvgIpc) is 2.77. The minimum absolute atomic E-state index is 0.556. The third-order valence-corrected chi connectivity index (χ3v) is 3.85. The predicted octanol–water partition coefficient (Wildman–Crippen LogP) is 2.51. The van der Waals surface area contributed by atoms with Crippen LogP contribution in [0, 0.1) is 0 Å². The van der Waals surface area contributed by atoms with Crippen LogP contribution in [-0.2, 0) is 6.42 Å². The molecule has 2 rings (SSSR count). The molecule has 0 bridgehead atoms. The Balaban J connectivity index is 2.09. The molecule has 0 saturated heterocycles. The number of nitrogens with one attached hydrogen (secondary N) is 1. The smallest absolute Gasteiger partial charge is 0.135 e. The number of H-pyrrole nitrogens is 1. The van der Waals surface area contributed by atoms with Crippen molar-refractivity contribution in [2.45, 2.75) is 12.5 Å². The molecule has 2 N–H and O–H groups in total. The second-order valence-electron chi connectivity index (χ2n) is 2.89. The van der Waals surface area contributed by atoms with Crippen molar-refractivity contribution in [3.8, 4) is 0 Å². The number of rotatable bonds is 3. The van der Waals surface area contributed by atoms with Crippen molar-refractivity contribution in [1.29, 1.82) is 0 Å². The Bertz CT molecular complexity index is 399. The molecule has 0 saturated carbocycles. The molecule has 1 unspecified atom stereocenters. The predicted molar refractivity (Wildman–Crippen MR) is 59.3 cm³/mol. The van der Waals surface area contributed by atoms with Crippen molar-refractivity contribution in [2.24, 2.45) is 0 Å². The van der Waals surface area contributed by atoms with E-state index in [1.807, 2.05) is 11.4 Å². The van der Waals surface area contributed by atoms with E-state index in [9.17, 15) is 5.11 Å². The van der Waals surface area contributed by atoms with E-state index in [4.69, 9.17) is 0 Å². The zero-order valence-corrected chi connectivity index (χ0v) is 9.68. The molecule has 2 aromatic heterocycles. The van der Waals surface area contributed by atoms with Gasteiger partial charge in [0.2, 0.25) is 0 Å². The largest absolute Gasteiger partial charge is 0.385 e. The Hall–Kier alpha value is -0.650. The first-order chi connectivity index (χ1) is 6.77. The van der Waals surface area contributed by atoms with E-state index in [-0.39, 0.29) is 0 Å². The van der Waals surface area contributed by atoms with Crippen LogP contribution in [0.5, 0.6) is 0 Å². The first-order valence-electron chi connectivity index (χ1n) is 4.16. The molecule has 74 valence electrons. The highest BCUT2D eigenvalue weighted by Gasteiger charge is 2.13. The molecule has 0 amide bonds. The molecular weight excluding hydrogens is 264 g/mol. The van der Waals surface area contributed by atoms with E-state index in [1.54, 1.807) is 23.7 Å². The number of thiophene rings is 1. The molecule has 0 spiro atoms. The monoisotopic (exact) mass is 272 g/mol. The summed E-state index contributed by atoms with van der Waals surface area (Å²) in [6.45, 7) is 0. The van der Waals surface area contributed by atoms with Crippen molar-refractivity contribution >= 4 is 27.3 Å². The third-order valence-electron chi connectivity index (χ3n) is 1.90. The number of hydrogen-bond donors (Lipinski definition) is 2. The van der Waals surface area contributed by atoms with E-state index < -0.39 is 6.10 Å². The van der Waals surface area contributed by atoms with Crippen molar-refractivity contribution in [3.63, 3.8) is 0 Å². The molecule has 3 nitrogen and oxygen atoms in total.